The Labute approximate surface area is 396 Å². The van der Waals surface area contributed by atoms with Gasteiger partial charge in [-0.1, -0.05) is 136 Å². The monoisotopic (exact) mass is 924 g/mol. The van der Waals surface area contributed by atoms with Gasteiger partial charge in [-0.25, -0.2) is 5.06 Å². The number of likely N-dealkylation sites (tertiary alicyclic amines) is 1. The third-order valence-electron chi connectivity index (χ3n) is 12.9. The fraction of sp³-hybridized carbons (Fsp3) is 0.673. The number of hydrogen-bond acceptors (Lipinski definition) is 10. The molecule has 2 aliphatic rings. The molecule has 4 amide bonds. The van der Waals surface area contributed by atoms with Crippen molar-refractivity contribution < 1.29 is 43.0 Å². The molecule has 2 aromatic carbocycles. The van der Waals surface area contributed by atoms with E-state index in [0.717, 1.165) is 30.4 Å². The molecular formula is C52H85N5O9. The lowest BCUT2D eigenvalue weighted by Crippen LogP contribution is -2.54. The summed E-state index contributed by atoms with van der Waals surface area (Å²) in [5.41, 5.74) is 1.95. The summed E-state index contributed by atoms with van der Waals surface area (Å²) in [4.78, 5) is 72.3. The molecule has 0 aromatic heterocycles. The van der Waals surface area contributed by atoms with Crippen LogP contribution in [0.25, 0.3) is 0 Å². The summed E-state index contributed by atoms with van der Waals surface area (Å²) in [7, 11) is 5.00. The smallest absolute Gasteiger partial charge is 0.269 e. The van der Waals surface area contributed by atoms with Crippen molar-refractivity contribution in [3.63, 3.8) is 0 Å². The van der Waals surface area contributed by atoms with Crippen LogP contribution < -0.4 is 16.0 Å². The number of rotatable bonds is 23. The van der Waals surface area contributed by atoms with Crippen molar-refractivity contribution in [2.75, 3.05) is 41.0 Å². The summed E-state index contributed by atoms with van der Waals surface area (Å²) in [5.74, 6) is -0.386. The lowest BCUT2D eigenvalue weighted by molar-refractivity contribution is -0.172. The topological polar surface area (TPSA) is 165 Å². The lowest BCUT2D eigenvalue weighted by Gasteiger charge is -2.36. The quantitative estimate of drug-likeness (QED) is 0.108. The number of ether oxygens (including phenoxy) is 3. The number of nitrogens with zero attached hydrogens (tertiary/aromatic N) is 2. The first-order valence-electron chi connectivity index (χ1n) is 24.2. The van der Waals surface area contributed by atoms with Crippen molar-refractivity contribution in [1.82, 2.24) is 25.9 Å². The third-order valence-corrected chi connectivity index (χ3v) is 12.9. The fourth-order valence-corrected chi connectivity index (χ4v) is 8.58. The molecule has 66 heavy (non-hydrogen) atoms. The highest BCUT2D eigenvalue weighted by molar-refractivity contribution is 5.90. The van der Waals surface area contributed by atoms with Crippen molar-refractivity contribution in [2.24, 2.45) is 29.6 Å². The van der Waals surface area contributed by atoms with Gasteiger partial charge in [0.15, 0.2) is 5.78 Å². The first-order chi connectivity index (χ1) is 31.5. The molecule has 5 unspecified atom stereocenters. The minimum atomic E-state index is -0.862. The van der Waals surface area contributed by atoms with Crippen molar-refractivity contribution in [2.45, 2.75) is 157 Å². The molecule has 0 bridgehead atoms. The van der Waals surface area contributed by atoms with E-state index in [1.807, 2.05) is 107 Å². The van der Waals surface area contributed by atoms with Crippen molar-refractivity contribution in [3.8, 4) is 0 Å². The summed E-state index contributed by atoms with van der Waals surface area (Å²) in [6.45, 7) is 23.1. The van der Waals surface area contributed by atoms with Crippen molar-refractivity contribution in [1.29, 1.82) is 0 Å². The fourth-order valence-electron chi connectivity index (χ4n) is 8.58. The van der Waals surface area contributed by atoms with Crippen LogP contribution in [-0.2, 0) is 56.0 Å². The van der Waals surface area contributed by atoms with E-state index in [1.54, 1.807) is 28.2 Å². The van der Waals surface area contributed by atoms with Crippen LogP contribution in [-0.4, -0.2) is 123 Å². The molecule has 10 atom stereocenters. The van der Waals surface area contributed by atoms with E-state index in [0.29, 0.717) is 25.5 Å². The van der Waals surface area contributed by atoms with Gasteiger partial charge in [0.05, 0.1) is 55.8 Å². The maximum absolute atomic E-state index is 13.9. The molecule has 372 valence electrons. The van der Waals surface area contributed by atoms with Gasteiger partial charge in [-0.15, -0.1) is 0 Å². The first kappa shape index (κ1) is 57.9. The number of benzene rings is 2. The molecule has 0 spiro atoms. The molecule has 2 saturated heterocycles. The van der Waals surface area contributed by atoms with Crippen LogP contribution in [0, 0.1) is 29.6 Å². The van der Waals surface area contributed by atoms with Crippen LogP contribution in [0.15, 0.2) is 60.7 Å². The number of nitrogens with one attached hydrogen (secondary N) is 3. The van der Waals surface area contributed by atoms with Gasteiger partial charge < -0.3 is 35.1 Å². The lowest BCUT2D eigenvalue weighted by atomic mass is 9.87. The van der Waals surface area contributed by atoms with Gasteiger partial charge in [-0.3, -0.25) is 28.8 Å². The van der Waals surface area contributed by atoms with Crippen LogP contribution in [0.1, 0.15) is 113 Å². The SMILES string of the molecule is CC.CCC(C)[C@H](C)C(CC(=O)N1CCC[C@H]1[C@H](OC)C(C)C(=O)N[C@@H](Cc1ccccc1)C(=O)N1CC(OCc2ccccc2)CO1)OC.CNC(C(=O)N[C@H](C(C)=O)C(C)C)C(C)C. The Morgan fingerprint density at radius 2 is 1.39 bits per heavy atom. The summed E-state index contributed by atoms with van der Waals surface area (Å²) in [5, 5.41) is 10.1. The number of amides is 4. The van der Waals surface area contributed by atoms with E-state index in [1.165, 1.54) is 12.0 Å². The number of likely N-dealkylation sites (N-methyl/N-ethyl adjacent to an activating group) is 1. The minimum Gasteiger partial charge on any atom is -0.381 e. The number of carbonyl (C=O) groups excluding carboxylic acids is 5. The normalized spacial score (nSPS) is 19.5. The maximum atomic E-state index is 13.9. The Balaban J connectivity index is 0.000000703. The van der Waals surface area contributed by atoms with Crippen molar-refractivity contribution >= 4 is 29.4 Å². The zero-order chi connectivity index (χ0) is 49.5. The van der Waals surface area contributed by atoms with Gasteiger partial charge in [0, 0.05) is 27.2 Å². The highest BCUT2D eigenvalue weighted by Crippen LogP contribution is 2.30. The van der Waals surface area contributed by atoms with Gasteiger partial charge in [0.2, 0.25) is 17.7 Å². The van der Waals surface area contributed by atoms with Crippen molar-refractivity contribution in [3.05, 3.63) is 71.8 Å². The molecule has 14 nitrogen and oxygen atoms in total. The van der Waals surface area contributed by atoms with Crippen LogP contribution in [0.4, 0.5) is 0 Å². The highest BCUT2D eigenvalue weighted by Gasteiger charge is 2.42. The van der Waals surface area contributed by atoms with E-state index in [4.69, 9.17) is 19.0 Å². The number of Topliss-reactive ketones (excluding diaryl/α,β-unsaturated/α-hetero) is 1. The Morgan fingerprint density at radius 3 is 1.91 bits per heavy atom. The second kappa shape index (κ2) is 30.2. The van der Waals surface area contributed by atoms with Gasteiger partial charge in [-0.05, 0) is 61.6 Å². The molecular weight excluding hydrogens is 839 g/mol. The van der Waals surface area contributed by atoms with E-state index < -0.39 is 18.1 Å². The average molecular weight is 924 g/mol. The third kappa shape index (κ3) is 17.8. The molecule has 2 aliphatic heterocycles. The van der Waals surface area contributed by atoms with Gasteiger partial charge in [-0.2, -0.15) is 0 Å². The van der Waals surface area contributed by atoms with E-state index in [-0.39, 0.29) is 97.1 Å². The Kier molecular flexibility index (Phi) is 26.5. The zero-order valence-corrected chi connectivity index (χ0v) is 42.6. The van der Waals surface area contributed by atoms with Gasteiger partial charge in [0.25, 0.3) is 5.91 Å². The van der Waals surface area contributed by atoms with Crippen LogP contribution in [0.2, 0.25) is 0 Å². The Bertz CT molecular complexity index is 1730. The minimum absolute atomic E-state index is 0.00181. The molecule has 0 saturated carbocycles. The largest absolute Gasteiger partial charge is 0.381 e. The van der Waals surface area contributed by atoms with E-state index in [2.05, 4.69) is 36.7 Å². The molecule has 14 heteroatoms. The first-order valence-corrected chi connectivity index (χ1v) is 24.2. The molecule has 2 heterocycles. The molecule has 2 fully saturated rings. The Morgan fingerprint density at radius 1 is 0.803 bits per heavy atom. The number of hydroxylamine groups is 2. The van der Waals surface area contributed by atoms with Gasteiger partial charge in [0.1, 0.15) is 18.8 Å². The van der Waals surface area contributed by atoms with E-state index >= 15 is 0 Å². The van der Waals surface area contributed by atoms with Gasteiger partial charge >= 0.3 is 0 Å². The molecule has 2 aromatic rings. The number of methoxy groups -OCH3 is 2. The summed E-state index contributed by atoms with van der Waals surface area (Å²) in [6, 6.07) is 17.7. The molecule has 0 radical (unpaired) electrons. The predicted octanol–water partition coefficient (Wildman–Crippen LogP) is 6.79. The zero-order valence-electron chi connectivity index (χ0n) is 42.6. The molecule has 4 rings (SSSR count). The number of carbonyl (C=O) groups is 5. The summed E-state index contributed by atoms with van der Waals surface area (Å²) in [6.07, 6.45) is 2.15. The molecule has 0 aliphatic carbocycles. The number of hydrogen-bond donors (Lipinski definition) is 3. The van der Waals surface area contributed by atoms with Crippen LogP contribution in [0.5, 0.6) is 0 Å². The highest BCUT2D eigenvalue weighted by atomic mass is 16.7. The Hall–Kier alpha value is -4.21. The maximum Gasteiger partial charge on any atom is 0.269 e. The van der Waals surface area contributed by atoms with Crippen LogP contribution >= 0.6 is 0 Å². The second-order valence-electron chi connectivity index (χ2n) is 18.2. The second-order valence-corrected chi connectivity index (χ2v) is 18.2. The molecule has 3 N–H and O–H groups in total. The standard InChI is InChI=1S/C38H55N3O7.C12H24N2O2.C2H6/c1-7-26(2)27(3)34(45-5)22-35(42)40-20-14-19-33(40)36(46-6)28(4)37(43)39-32(21-29-15-10-8-11-16-29)38(44)41-23-31(25-48-41)47-24-30-17-12-9-13-18-30;1-7(2)10(9(5)15)14-12(16)11(13-6)8(3)4;1-2/h8-13,15-18,26-28,31-34,36H,7,14,19-25H2,1-6H3,(H,39,43);7-8,10-11,13H,1-6H3,(H,14,16);1-2H3/t26?,27-,28?,31?,32-,33-,34?,36+;10-,11?;/m00./s1. The van der Waals surface area contributed by atoms with E-state index in [9.17, 15) is 24.0 Å². The summed E-state index contributed by atoms with van der Waals surface area (Å²) >= 11 is 0. The number of ketones is 1. The average Bonchev–Trinajstić information content (AvgIpc) is 4.01. The summed E-state index contributed by atoms with van der Waals surface area (Å²) < 4.78 is 17.7. The van der Waals surface area contributed by atoms with Crippen LogP contribution in [0.3, 0.4) is 0 Å². The predicted molar refractivity (Wildman–Crippen MR) is 260 cm³/mol.